The zero-order chi connectivity index (χ0) is 8.97. The molecule has 3 N–H and O–H groups in total. The predicted octanol–water partition coefficient (Wildman–Crippen LogP) is -0.213. The number of hydrogen-bond acceptors (Lipinski definition) is 5. The number of anilines is 1. The zero-order valence-corrected chi connectivity index (χ0v) is 7.16. The molecule has 0 saturated heterocycles. The van der Waals surface area contributed by atoms with Crippen LogP contribution in [0.5, 0.6) is 5.88 Å². The fourth-order valence-electron chi connectivity index (χ4n) is 0.862. The summed E-state index contributed by atoms with van der Waals surface area (Å²) in [5, 5.41) is 2.95. The summed E-state index contributed by atoms with van der Waals surface area (Å²) in [5.74, 6) is 0.844. The smallest absolute Gasteiger partial charge is 0.238 e. The van der Waals surface area contributed by atoms with Gasteiger partial charge < -0.3 is 15.8 Å². The molecule has 12 heavy (non-hydrogen) atoms. The van der Waals surface area contributed by atoms with Gasteiger partial charge in [0.2, 0.25) is 5.88 Å². The molecule has 66 valence electrons. The lowest BCUT2D eigenvalue weighted by Gasteiger charge is -2.05. The highest BCUT2D eigenvalue weighted by molar-refractivity contribution is 5.30. The predicted molar refractivity (Wildman–Crippen MR) is 45.8 cm³/mol. The van der Waals surface area contributed by atoms with Crippen molar-refractivity contribution in [1.29, 1.82) is 0 Å². The molecule has 0 aliphatic rings. The molecule has 0 unspecified atom stereocenters. The summed E-state index contributed by atoms with van der Waals surface area (Å²) < 4.78 is 4.99. The van der Waals surface area contributed by atoms with Gasteiger partial charge in [0.25, 0.3) is 0 Å². The Bertz CT molecular complexity index is 264. The van der Waals surface area contributed by atoms with Crippen LogP contribution in [0.3, 0.4) is 0 Å². The van der Waals surface area contributed by atoms with E-state index in [1.807, 2.05) is 7.05 Å². The molecule has 0 aromatic carbocycles. The van der Waals surface area contributed by atoms with Crippen molar-refractivity contribution in [2.75, 3.05) is 19.9 Å². The van der Waals surface area contributed by atoms with Crippen molar-refractivity contribution < 1.29 is 4.74 Å². The van der Waals surface area contributed by atoms with E-state index in [0.29, 0.717) is 18.2 Å². The van der Waals surface area contributed by atoms with Crippen LogP contribution in [0.25, 0.3) is 0 Å². The second-order valence-electron chi connectivity index (χ2n) is 2.28. The zero-order valence-electron chi connectivity index (χ0n) is 7.16. The quantitative estimate of drug-likeness (QED) is 0.653. The number of ether oxygens (including phenoxy) is 1. The topological polar surface area (TPSA) is 73.1 Å². The van der Waals surface area contributed by atoms with Gasteiger partial charge in [-0.25, -0.2) is 0 Å². The van der Waals surface area contributed by atoms with E-state index in [4.69, 9.17) is 10.5 Å². The summed E-state index contributed by atoms with van der Waals surface area (Å²) in [6, 6.07) is 0. The first-order valence-electron chi connectivity index (χ1n) is 3.58. The Kier molecular flexibility index (Phi) is 2.82. The summed E-state index contributed by atoms with van der Waals surface area (Å²) in [4.78, 5) is 8.03. The van der Waals surface area contributed by atoms with Crippen molar-refractivity contribution in [3.63, 3.8) is 0 Å². The number of aromatic nitrogens is 2. The number of nitrogens with two attached hydrogens (primary N) is 1. The minimum Gasteiger partial charge on any atom is -0.480 e. The van der Waals surface area contributed by atoms with Crippen LogP contribution in [0, 0.1) is 0 Å². The number of nitrogen functional groups attached to an aromatic ring is 1. The molecule has 1 rings (SSSR count). The molecule has 1 aromatic rings. The molecule has 0 atom stereocenters. The minimum atomic E-state index is 0.367. The first-order valence-corrected chi connectivity index (χ1v) is 3.58. The van der Waals surface area contributed by atoms with Gasteiger partial charge >= 0.3 is 0 Å². The van der Waals surface area contributed by atoms with Crippen LogP contribution in [0.2, 0.25) is 0 Å². The Balaban J connectivity index is 2.94. The molecule has 0 bridgehead atoms. The Hall–Kier alpha value is -1.36. The Labute approximate surface area is 71.0 Å². The van der Waals surface area contributed by atoms with Crippen LogP contribution in [0.1, 0.15) is 5.69 Å². The van der Waals surface area contributed by atoms with Gasteiger partial charge in [0.15, 0.2) is 0 Å². The molecular formula is C7H12N4O. The van der Waals surface area contributed by atoms with Crippen molar-refractivity contribution >= 4 is 5.82 Å². The first kappa shape index (κ1) is 8.73. The minimum absolute atomic E-state index is 0.367. The largest absolute Gasteiger partial charge is 0.480 e. The average molecular weight is 168 g/mol. The summed E-state index contributed by atoms with van der Waals surface area (Å²) in [6.45, 7) is 0.621. The lowest BCUT2D eigenvalue weighted by molar-refractivity contribution is 0.388. The van der Waals surface area contributed by atoms with Crippen molar-refractivity contribution in [1.82, 2.24) is 15.3 Å². The van der Waals surface area contributed by atoms with Gasteiger partial charge in [-0.1, -0.05) is 0 Å². The fraction of sp³-hybridized carbons (Fsp3) is 0.429. The molecular weight excluding hydrogens is 156 g/mol. The fourth-order valence-corrected chi connectivity index (χ4v) is 0.862. The van der Waals surface area contributed by atoms with Crippen molar-refractivity contribution in [3.8, 4) is 5.88 Å². The molecule has 0 aliphatic carbocycles. The first-order chi connectivity index (χ1) is 5.77. The van der Waals surface area contributed by atoms with E-state index in [2.05, 4.69) is 15.3 Å². The van der Waals surface area contributed by atoms with Gasteiger partial charge in [0, 0.05) is 6.54 Å². The summed E-state index contributed by atoms with van der Waals surface area (Å²) in [6.07, 6.45) is 1.51. The summed E-state index contributed by atoms with van der Waals surface area (Å²) >= 11 is 0. The third kappa shape index (κ3) is 1.82. The van der Waals surface area contributed by atoms with E-state index in [1.54, 1.807) is 7.11 Å². The van der Waals surface area contributed by atoms with Crippen LogP contribution in [-0.2, 0) is 6.54 Å². The van der Waals surface area contributed by atoms with Gasteiger partial charge in [-0.05, 0) is 7.05 Å². The number of hydrogen-bond donors (Lipinski definition) is 2. The van der Waals surface area contributed by atoms with Gasteiger partial charge in [-0.2, -0.15) is 4.98 Å². The normalized spacial score (nSPS) is 9.83. The van der Waals surface area contributed by atoms with Gasteiger partial charge in [-0.3, -0.25) is 4.98 Å². The molecule has 0 radical (unpaired) electrons. The van der Waals surface area contributed by atoms with Gasteiger partial charge in [0.1, 0.15) is 11.5 Å². The SMILES string of the molecule is CNCc1ncc(N)nc1OC. The molecule has 5 heteroatoms. The maximum Gasteiger partial charge on any atom is 0.238 e. The lowest BCUT2D eigenvalue weighted by Crippen LogP contribution is -2.10. The lowest BCUT2D eigenvalue weighted by atomic mass is 10.4. The number of nitrogens with one attached hydrogen (secondary N) is 1. The highest BCUT2D eigenvalue weighted by Gasteiger charge is 2.04. The Morgan fingerprint density at radius 3 is 3.00 bits per heavy atom. The second-order valence-corrected chi connectivity index (χ2v) is 2.28. The maximum absolute atomic E-state index is 5.43. The van der Waals surface area contributed by atoms with Crippen molar-refractivity contribution in [2.45, 2.75) is 6.54 Å². The molecule has 0 fully saturated rings. The third-order valence-corrected chi connectivity index (χ3v) is 1.37. The Morgan fingerprint density at radius 1 is 1.67 bits per heavy atom. The van der Waals surface area contributed by atoms with E-state index < -0.39 is 0 Å². The van der Waals surface area contributed by atoms with Crippen LogP contribution in [0.4, 0.5) is 5.82 Å². The summed E-state index contributed by atoms with van der Waals surface area (Å²) in [5.41, 5.74) is 6.18. The molecule has 0 saturated carbocycles. The van der Waals surface area contributed by atoms with E-state index in [0.717, 1.165) is 5.69 Å². The highest BCUT2D eigenvalue weighted by Crippen LogP contribution is 2.12. The van der Waals surface area contributed by atoms with Crippen molar-refractivity contribution in [3.05, 3.63) is 11.9 Å². The maximum atomic E-state index is 5.43. The average Bonchev–Trinajstić information content (AvgIpc) is 2.08. The number of rotatable bonds is 3. The standard InChI is InChI=1S/C7H12N4O/c1-9-3-5-7(12-2)11-6(8)4-10-5/h4,9H,3H2,1-2H3,(H2,8,11). The van der Waals surface area contributed by atoms with Crippen LogP contribution >= 0.6 is 0 Å². The molecule has 5 nitrogen and oxygen atoms in total. The molecule has 0 aliphatic heterocycles. The van der Waals surface area contributed by atoms with Crippen LogP contribution in [-0.4, -0.2) is 24.1 Å². The number of methoxy groups -OCH3 is 1. The highest BCUT2D eigenvalue weighted by atomic mass is 16.5. The van der Waals surface area contributed by atoms with E-state index in [9.17, 15) is 0 Å². The van der Waals surface area contributed by atoms with Gasteiger partial charge in [0.05, 0.1) is 13.3 Å². The summed E-state index contributed by atoms with van der Waals surface area (Å²) in [7, 11) is 3.38. The van der Waals surface area contributed by atoms with Crippen LogP contribution in [0.15, 0.2) is 6.20 Å². The monoisotopic (exact) mass is 168 g/mol. The number of nitrogens with zero attached hydrogens (tertiary/aromatic N) is 2. The molecule has 1 heterocycles. The van der Waals surface area contributed by atoms with Crippen LogP contribution < -0.4 is 15.8 Å². The second kappa shape index (κ2) is 3.87. The van der Waals surface area contributed by atoms with E-state index in [-0.39, 0.29) is 0 Å². The van der Waals surface area contributed by atoms with E-state index in [1.165, 1.54) is 6.20 Å². The van der Waals surface area contributed by atoms with E-state index >= 15 is 0 Å². The van der Waals surface area contributed by atoms with Crippen molar-refractivity contribution in [2.24, 2.45) is 0 Å². The molecule has 1 aromatic heterocycles. The third-order valence-electron chi connectivity index (χ3n) is 1.37. The molecule has 0 amide bonds. The Morgan fingerprint density at radius 2 is 2.42 bits per heavy atom. The van der Waals surface area contributed by atoms with Gasteiger partial charge in [-0.15, -0.1) is 0 Å². The molecule has 0 spiro atoms.